The second kappa shape index (κ2) is 11.7. The van der Waals surface area contributed by atoms with Crippen molar-refractivity contribution in [2.45, 2.75) is 52.7 Å². The normalized spacial score (nSPS) is 13.1. The van der Waals surface area contributed by atoms with Crippen LogP contribution in [0.15, 0.2) is 42.5 Å². The molecule has 0 unspecified atom stereocenters. The fraction of sp³-hybridized carbons (Fsp3) is 0.417. The minimum Gasteiger partial charge on any atom is -0.352 e. The van der Waals surface area contributed by atoms with Gasteiger partial charge in [0.2, 0.25) is 21.8 Å². The Balaban J connectivity index is 2.39. The molecule has 186 valence electrons. The topological polar surface area (TPSA) is 86.8 Å². The molecule has 1 N–H and O–H groups in total. The van der Waals surface area contributed by atoms with Gasteiger partial charge < -0.3 is 10.2 Å². The Hall–Kier alpha value is -2.65. The first-order chi connectivity index (χ1) is 15.8. The molecule has 2 atom stereocenters. The van der Waals surface area contributed by atoms with Crippen LogP contribution in [0, 0.1) is 12.7 Å². The van der Waals surface area contributed by atoms with Crippen molar-refractivity contribution in [2.75, 3.05) is 17.1 Å². The number of halogens is 2. The molecule has 0 aliphatic rings. The van der Waals surface area contributed by atoms with Crippen molar-refractivity contribution < 1.29 is 22.4 Å². The Morgan fingerprint density at radius 2 is 1.74 bits per heavy atom. The number of anilines is 1. The Bertz CT molecular complexity index is 1130. The molecule has 0 saturated heterocycles. The highest BCUT2D eigenvalue weighted by molar-refractivity contribution is 7.92. The van der Waals surface area contributed by atoms with Gasteiger partial charge in [0.15, 0.2) is 0 Å². The van der Waals surface area contributed by atoms with E-state index in [0.29, 0.717) is 0 Å². The van der Waals surface area contributed by atoms with Crippen molar-refractivity contribution in [3.8, 4) is 0 Å². The first kappa shape index (κ1) is 27.6. The van der Waals surface area contributed by atoms with E-state index in [1.165, 1.54) is 11.0 Å². The van der Waals surface area contributed by atoms with Crippen molar-refractivity contribution in [1.29, 1.82) is 0 Å². The van der Waals surface area contributed by atoms with E-state index in [4.69, 9.17) is 11.6 Å². The summed E-state index contributed by atoms with van der Waals surface area (Å²) in [5.41, 5.74) is 1.88. The molecular weight excluding hydrogens is 481 g/mol. The van der Waals surface area contributed by atoms with Crippen molar-refractivity contribution in [3.05, 3.63) is 64.4 Å². The number of benzene rings is 2. The Morgan fingerprint density at radius 1 is 1.12 bits per heavy atom. The van der Waals surface area contributed by atoms with E-state index in [9.17, 15) is 22.4 Å². The van der Waals surface area contributed by atoms with Crippen LogP contribution in [0.1, 0.15) is 38.3 Å². The number of carbonyl (C=O) groups excluding carboxylic acids is 2. The van der Waals surface area contributed by atoms with E-state index in [1.54, 1.807) is 6.92 Å². The average molecular weight is 512 g/mol. The first-order valence-electron chi connectivity index (χ1n) is 10.9. The molecule has 0 aliphatic heterocycles. The van der Waals surface area contributed by atoms with Gasteiger partial charge in [0.25, 0.3) is 0 Å². The van der Waals surface area contributed by atoms with Crippen molar-refractivity contribution >= 4 is 39.1 Å². The lowest BCUT2D eigenvalue weighted by molar-refractivity contribution is -0.139. The standard InChI is InChI=1S/C24H31ClFN3O4S/c1-6-17(3)27-24(31)18(4)28(14-19-9-7-16(2)8-10-19)23(30)15-29(34(5,32)33)20-11-12-22(26)21(25)13-20/h7-13,17-18H,6,14-15H2,1-5H3,(H,27,31)/t17-,18+/m1/s1. The first-order valence-corrected chi connectivity index (χ1v) is 13.1. The van der Waals surface area contributed by atoms with Crippen LogP contribution in [0.5, 0.6) is 0 Å². The van der Waals surface area contributed by atoms with Gasteiger partial charge in [-0.25, -0.2) is 12.8 Å². The van der Waals surface area contributed by atoms with Crippen LogP contribution >= 0.6 is 11.6 Å². The zero-order valence-electron chi connectivity index (χ0n) is 20.0. The van der Waals surface area contributed by atoms with E-state index >= 15 is 0 Å². The van der Waals surface area contributed by atoms with Crippen LogP contribution in [0.2, 0.25) is 5.02 Å². The van der Waals surface area contributed by atoms with Gasteiger partial charge in [0.05, 0.1) is 17.0 Å². The SMILES string of the molecule is CC[C@@H](C)NC(=O)[C@H](C)N(Cc1ccc(C)cc1)C(=O)CN(c1ccc(F)c(Cl)c1)S(C)(=O)=O. The van der Waals surface area contributed by atoms with Gasteiger partial charge in [-0.05, 0) is 51.0 Å². The summed E-state index contributed by atoms with van der Waals surface area (Å²) in [4.78, 5) is 27.6. The molecular formula is C24H31ClFN3O4S. The van der Waals surface area contributed by atoms with Crippen LogP contribution in [0.25, 0.3) is 0 Å². The molecule has 0 fully saturated rings. The van der Waals surface area contributed by atoms with Gasteiger partial charge in [-0.2, -0.15) is 0 Å². The third-order valence-corrected chi connectivity index (χ3v) is 6.94. The lowest BCUT2D eigenvalue weighted by atomic mass is 10.1. The number of carbonyl (C=O) groups is 2. The van der Waals surface area contributed by atoms with E-state index < -0.39 is 34.3 Å². The number of sulfonamides is 1. The molecule has 2 amide bonds. The van der Waals surface area contributed by atoms with E-state index in [-0.39, 0.29) is 29.2 Å². The highest BCUT2D eigenvalue weighted by Crippen LogP contribution is 2.25. The van der Waals surface area contributed by atoms with Gasteiger partial charge in [-0.3, -0.25) is 13.9 Å². The molecule has 0 heterocycles. The molecule has 10 heteroatoms. The smallest absolute Gasteiger partial charge is 0.244 e. The fourth-order valence-electron chi connectivity index (χ4n) is 3.19. The molecule has 0 radical (unpaired) electrons. The highest BCUT2D eigenvalue weighted by atomic mass is 35.5. The minimum absolute atomic E-state index is 0.0502. The number of aryl methyl sites for hydroxylation is 1. The summed E-state index contributed by atoms with van der Waals surface area (Å²) in [5, 5.41) is 2.60. The summed E-state index contributed by atoms with van der Waals surface area (Å²) in [6.45, 7) is 6.86. The Morgan fingerprint density at radius 3 is 2.26 bits per heavy atom. The summed E-state index contributed by atoms with van der Waals surface area (Å²) >= 11 is 5.84. The summed E-state index contributed by atoms with van der Waals surface area (Å²) in [6.07, 6.45) is 1.67. The number of hydrogen-bond donors (Lipinski definition) is 1. The molecule has 0 aromatic heterocycles. The molecule has 7 nitrogen and oxygen atoms in total. The van der Waals surface area contributed by atoms with Gasteiger partial charge in [-0.1, -0.05) is 48.4 Å². The van der Waals surface area contributed by atoms with Gasteiger partial charge in [-0.15, -0.1) is 0 Å². The molecule has 34 heavy (non-hydrogen) atoms. The highest BCUT2D eigenvalue weighted by Gasteiger charge is 2.30. The molecule has 2 aromatic rings. The monoisotopic (exact) mass is 511 g/mol. The van der Waals surface area contributed by atoms with Crippen molar-refractivity contribution in [2.24, 2.45) is 0 Å². The molecule has 0 bridgehead atoms. The van der Waals surface area contributed by atoms with Crippen LogP contribution in [-0.4, -0.2) is 50.0 Å². The number of amides is 2. The third kappa shape index (κ3) is 7.43. The van der Waals surface area contributed by atoms with Gasteiger partial charge >= 0.3 is 0 Å². The largest absolute Gasteiger partial charge is 0.352 e. The van der Waals surface area contributed by atoms with Gasteiger partial charge in [0.1, 0.15) is 18.4 Å². The van der Waals surface area contributed by atoms with E-state index in [1.807, 2.05) is 45.0 Å². The fourth-order valence-corrected chi connectivity index (χ4v) is 4.21. The van der Waals surface area contributed by atoms with E-state index in [2.05, 4.69) is 5.32 Å². The maximum atomic E-state index is 13.6. The molecule has 2 rings (SSSR count). The molecule has 0 aliphatic carbocycles. The van der Waals surface area contributed by atoms with Crippen LogP contribution in [0.3, 0.4) is 0 Å². The number of nitrogens with zero attached hydrogens (tertiary/aromatic N) is 2. The van der Waals surface area contributed by atoms with Crippen LogP contribution < -0.4 is 9.62 Å². The third-order valence-electron chi connectivity index (χ3n) is 5.51. The van der Waals surface area contributed by atoms with Crippen molar-refractivity contribution in [3.63, 3.8) is 0 Å². The molecule has 2 aromatic carbocycles. The lowest BCUT2D eigenvalue weighted by Crippen LogP contribution is -2.52. The molecule has 0 saturated carbocycles. The summed E-state index contributed by atoms with van der Waals surface area (Å²) in [5.74, 6) is -1.63. The zero-order valence-corrected chi connectivity index (χ0v) is 21.6. The molecule has 0 spiro atoms. The minimum atomic E-state index is -3.92. The zero-order chi connectivity index (χ0) is 25.6. The van der Waals surface area contributed by atoms with Crippen LogP contribution in [-0.2, 0) is 26.2 Å². The lowest BCUT2D eigenvalue weighted by Gasteiger charge is -2.32. The maximum Gasteiger partial charge on any atom is 0.244 e. The number of nitrogens with one attached hydrogen (secondary N) is 1. The predicted molar refractivity (Wildman–Crippen MR) is 133 cm³/mol. The summed E-state index contributed by atoms with van der Waals surface area (Å²) in [7, 11) is -3.92. The van der Waals surface area contributed by atoms with Gasteiger partial charge in [0, 0.05) is 12.6 Å². The predicted octanol–water partition coefficient (Wildman–Crippen LogP) is 3.89. The maximum absolute atomic E-state index is 13.6. The van der Waals surface area contributed by atoms with Crippen LogP contribution in [0.4, 0.5) is 10.1 Å². The van der Waals surface area contributed by atoms with Crippen molar-refractivity contribution in [1.82, 2.24) is 10.2 Å². The number of rotatable bonds is 10. The number of hydrogen-bond acceptors (Lipinski definition) is 4. The quantitative estimate of drug-likeness (QED) is 0.524. The Labute approximate surface area is 205 Å². The summed E-state index contributed by atoms with van der Waals surface area (Å²) in [6, 6.07) is 9.96. The second-order valence-corrected chi connectivity index (χ2v) is 10.7. The average Bonchev–Trinajstić information content (AvgIpc) is 2.77. The second-order valence-electron chi connectivity index (χ2n) is 8.37. The summed E-state index contributed by atoms with van der Waals surface area (Å²) < 4.78 is 39.5. The van der Waals surface area contributed by atoms with E-state index in [0.717, 1.165) is 40.2 Å². The Kier molecular flexibility index (Phi) is 9.46.